The van der Waals surface area contributed by atoms with Gasteiger partial charge in [0.05, 0.1) is 0 Å². The highest BCUT2D eigenvalue weighted by Gasteiger charge is 2.30. The zero-order valence-electron chi connectivity index (χ0n) is 13.1. The molecule has 1 aromatic rings. The molecule has 0 radical (unpaired) electrons. The topological polar surface area (TPSA) is 15.3 Å². The Balaban J connectivity index is 2.13. The molecule has 2 nitrogen and oxygen atoms in total. The number of nitrogens with zero attached hydrogens (tertiary/aromatic N) is 1. The second-order valence-corrected chi connectivity index (χ2v) is 7.89. The van der Waals surface area contributed by atoms with E-state index in [0.29, 0.717) is 17.5 Å². The molecule has 2 atom stereocenters. The van der Waals surface area contributed by atoms with E-state index in [1.165, 1.54) is 16.5 Å². The molecule has 3 heteroatoms. The minimum atomic E-state index is 0.302. The second kappa shape index (κ2) is 6.59. The summed E-state index contributed by atoms with van der Waals surface area (Å²) < 4.78 is 1.22. The maximum Gasteiger partial charge on any atom is 0.0248 e. The summed E-state index contributed by atoms with van der Waals surface area (Å²) in [5.41, 5.74) is 1.69. The van der Waals surface area contributed by atoms with Crippen molar-refractivity contribution in [1.29, 1.82) is 0 Å². The fraction of sp³-hybridized carbons (Fsp3) is 0.647. The molecule has 0 bridgehead atoms. The van der Waals surface area contributed by atoms with Crippen LogP contribution in [0.5, 0.6) is 0 Å². The maximum atomic E-state index is 3.73. The zero-order chi connectivity index (χ0) is 14.8. The van der Waals surface area contributed by atoms with Gasteiger partial charge in [-0.3, -0.25) is 4.90 Å². The van der Waals surface area contributed by atoms with Crippen molar-refractivity contribution in [2.75, 3.05) is 13.1 Å². The van der Waals surface area contributed by atoms with E-state index in [2.05, 4.69) is 78.1 Å². The van der Waals surface area contributed by atoms with Gasteiger partial charge in [0.25, 0.3) is 0 Å². The fourth-order valence-corrected chi connectivity index (χ4v) is 3.18. The van der Waals surface area contributed by atoms with E-state index in [1.807, 2.05) is 0 Å². The third-order valence-corrected chi connectivity index (χ3v) is 5.14. The smallest absolute Gasteiger partial charge is 0.0248 e. The first-order chi connectivity index (χ1) is 9.38. The number of rotatable bonds is 2. The molecule has 2 rings (SSSR count). The van der Waals surface area contributed by atoms with Gasteiger partial charge in [0.2, 0.25) is 0 Å². The second-order valence-electron chi connectivity index (χ2n) is 7.03. The third kappa shape index (κ3) is 4.06. The van der Waals surface area contributed by atoms with Crippen molar-refractivity contribution in [3.8, 4) is 0 Å². The molecule has 1 fully saturated rings. The number of benzene rings is 1. The SMILES string of the molecule is CC1CCNC(C(C)(C)C)CN1Cc1ccccc1Br. The number of hydrogen-bond acceptors (Lipinski definition) is 2. The molecule has 0 aliphatic carbocycles. The quantitative estimate of drug-likeness (QED) is 0.875. The molecule has 2 unspecified atom stereocenters. The average molecular weight is 339 g/mol. The van der Waals surface area contributed by atoms with E-state index in [1.54, 1.807) is 0 Å². The lowest BCUT2D eigenvalue weighted by molar-refractivity contribution is 0.157. The van der Waals surface area contributed by atoms with Gasteiger partial charge >= 0.3 is 0 Å². The summed E-state index contributed by atoms with van der Waals surface area (Å²) in [6, 6.07) is 9.75. The van der Waals surface area contributed by atoms with Gasteiger partial charge in [0.15, 0.2) is 0 Å². The summed E-state index contributed by atoms with van der Waals surface area (Å²) in [4.78, 5) is 2.62. The lowest BCUT2D eigenvalue weighted by Gasteiger charge is -2.35. The van der Waals surface area contributed by atoms with Gasteiger partial charge in [-0.1, -0.05) is 54.9 Å². The van der Waals surface area contributed by atoms with Crippen LogP contribution in [0.1, 0.15) is 39.7 Å². The van der Waals surface area contributed by atoms with Crippen molar-refractivity contribution in [1.82, 2.24) is 10.2 Å². The molecule has 1 aliphatic heterocycles. The van der Waals surface area contributed by atoms with Crippen LogP contribution in [0.4, 0.5) is 0 Å². The Hall–Kier alpha value is -0.380. The number of halogens is 1. The van der Waals surface area contributed by atoms with Crippen LogP contribution in [0, 0.1) is 5.41 Å². The lowest BCUT2D eigenvalue weighted by Crippen LogP contribution is -2.47. The first-order valence-electron chi connectivity index (χ1n) is 7.59. The highest BCUT2D eigenvalue weighted by molar-refractivity contribution is 9.10. The van der Waals surface area contributed by atoms with Crippen molar-refractivity contribution < 1.29 is 0 Å². The van der Waals surface area contributed by atoms with Crippen LogP contribution in [-0.4, -0.2) is 30.1 Å². The van der Waals surface area contributed by atoms with Crippen LogP contribution in [0.25, 0.3) is 0 Å². The van der Waals surface area contributed by atoms with Crippen molar-refractivity contribution in [2.45, 2.75) is 52.7 Å². The Morgan fingerprint density at radius 1 is 1.30 bits per heavy atom. The highest BCUT2D eigenvalue weighted by atomic mass is 79.9. The van der Waals surface area contributed by atoms with Crippen LogP contribution in [-0.2, 0) is 6.54 Å². The Kier molecular flexibility index (Phi) is 5.27. The molecule has 0 amide bonds. The Bertz CT molecular complexity index is 439. The van der Waals surface area contributed by atoms with Gasteiger partial charge in [-0.2, -0.15) is 0 Å². The maximum absolute atomic E-state index is 3.73. The van der Waals surface area contributed by atoms with Crippen molar-refractivity contribution in [2.24, 2.45) is 5.41 Å². The predicted octanol–water partition coefficient (Wildman–Crippen LogP) is 4.05. The molecule has 20 heavy (non-hydrogen) atoms. The normalized spacial score (nSPS) is 25.4. The molecular weight excluding hydrogens is 312 g/mol. The van der Waals surface area contributed by atoms with Crippen LogP contribution < -0.4 is 5.32 Å². The zero-order valence-corrected chi connectivity index (χ0v) is 14.7. The molecule has 0 saturated carbocycles. The molecular formula is C17H27BrN2. The van der Waals surface area contributed by atoms with Gasteiger partial charge in [-0.05, 0) is 36.9 Å². The molecule has 1 aliphatic rings. The van der Waals surface area contributed by atoms with Crippen LogP contribution in [0.2, 0.25) is 0 Å². The van der Waals surface area contributed by atoms with E-state index in [-0.39, 0.29) is 0 Å². The standard InChI is InChI=1S/C17H27BrN2/c1-13-9-10-19-16(17(2,3)4)12-20(13)11-14-7-5-6-8-15(14)18/h5-8,13,16,19H,9-12H2,1-4H3. The summed E-state index contributed by atoms with van der Waals surface area (Å²) in [6.07, 6.45) is 1.22. The van der Waals surface area contributed by atoms with E-state index in [9.17, 15) is 0 Å². The summed E-state index contributed by atoms with van der Waals surface area (Å²) in [6.45, 7) is 12.6. The molecule has 0 aromatic heterocycles. The van der Waals surface area contributed by atoms with E-state index >= 15 is 0 Å². The first-order valence-corrected chi connectivity index (χ1v) is 8.38. The molecule has 1 aromatic carbocycles. The van der Waals surface area contributed by atoms with Crippen molar-refractivity contribution >= 4 is 15.9 Å². The summed E-state index contributed by atoms with van der Waals surface area (Å²) >= 11 is 3.67. The van der Waals surface area contributed by atoms with Crippen LogP contribution in [0.3, 0.4) is 0 Å². The average Bonchev–Trinajstić information content (AvgIpc) is 2.54. The first kappa shape index (κ1) is 16.0. The number of hydrogen-bond donors (Lipinski definition) is 1. The minimum Gasteiger partial charge on any atom is -0.312 e. The summed E-state index contributed by atoms with van der Waals surface area (Å²) in [5.74, 6) is 0. The van der Waals surface area contributed by atoms with Crippen molar-refractivity contribution in [3.63, 3.8) is 0 Å². The highest BCUT2D eigenvalue weighted by Crippen LogP contribution is 2.26. The van der Waals surface area contributed by atoms with Crippen LogP contribution >= 0.6 is 15.9 Å². The predicted molar refractivity (Wildman–Crippen MR) is 89.9 cm³/mol. The molecule has 1 heterocycles. The molecule has 0 spiro atoms. The van der Waals surface area contributed by atoms with Gasteiger partial charge in [0, 0.05) is 29.6 Å². The van der Waals surface area contributed by atoms with Crippen molar-refractivity contribution in [3.05, 3.63) is 34.3 Å². The summed E-state index contributed by atoms with van der Waals surface area (Å²) in [5, 5.41) is 3.73. The Morgan fingerprint density at radius 2 is 2.00 bits per heavy atom. The third-order valence-electron chi connectivity index (χ3n) is 4.37. The Morgan fingerprint density at radius 3 is 2.65 bits per heavy atom. The fourth-order valence-electron chi connectivity index (χ4n) is 2.77. The van der Waals surface area contributed by atoms with Gasteiger partial charge in [-0.15, -0.1) is 0 Å². The lowest BCUT2D eigenvalue weighted by atomic mass is 9.86. The van der Waals surface area contributed by atoms with Gasteiger partial charge < -0.3 is 5.32 Å². The minimum absolute atomic E-state index is 0.302. The van der Waals surface area contributed by atoms with E-state index in [0.717, 1.165) is 19.6 Å². The summed E-state index contributed by atoms with van der Waals surface area (Å²) in [7, 11) is 0. The van der Waals surface area contributed by atoms with Gasteiger partial charge in [-0.25, -0.2) is 0 Å². The number of nitrogens with one attached hydrogen (secondary N) is 1. The van der Waals surface area contributed by atoms with E-state index < -0.39 is 0 Å². The van der Waals surface area contributed by atoms with Crippen LogP contribution in [0.15, 0.2) is 28.7 Å². The molecule has 112 valence electrons. The molecule has 1 saturated heterocycles. The monoisotopic (exact) mass is 338 g/mol. The van der Waals surface area contributed by atoms with E-state index in [4.69, 9.17) is 0 Å². The molecule has 1 N–H and O–H groups in total. The largest absolute Gasteiger partial charge is 0.312 e. The van der Waals surface area contributed by atoms with Gasteiger partial charge in [0.1, 0.15) is 0 Å². The Labute approximate surface area is 132 Å².